The molecule has 1 N–H and O–H groups in total. The molecule has 4 rings (SSSR count). The first-order chi connectivity index (χ1) is 15.9. The van der Waals surface area contributed by atoms with Crippen molar-refractivity contribution >= 4 is 29.2 Å². The Kier molecular flexibility index (Phi) is 5.95. The Bertz CT molecular complexity index is 1190. The molecule has 34 heavy (non-hydrogen) atoms. The molecule has 0 aromatic heterocycles. The minimum Gasteiger partial charge on any atom is -0.478 e. The summed E-state index contributed by atoms with van der Waals surface area (Å²) < 4.78 is 15.3. The van der Waals surface area contributed by atoms with Gasteiger partial charge in [-0.15, -0.1) is 0 Å². The summed E-state index contributed by atoms with van der Waals surface area (Å²) in [6, 6.07) is 12.2. The van der Waals surface area contributed by atoms with E-state index in [1.54, 1.807) is 29.2 Å². The summed E-state index contributed by atoms with van der Waals surface area (Å²) in [5.74, 6) is -2.62. The van der Waals surface area contributed by atoms with Crippen molar-refractivity contribution in [1.82, 2.24) is 4.90 Å². The first kappa shape index (κ1) is 24.2. The zero-order valence-corrected chi connectivity index (χ0v) is 20.3. The van der Waals surface area contributed by atoms with E-state index < -0.39 is 29.2 Å². The summed E-state index contributed by atoms with van der Waals surface area (Å²) in [4.78, 5) is 28.6. The quantitative estimate of drug-likeness (QED) is 0.639. The minimum atomic E-state index is -1.05. The van der Waals surface area contributed by atoms with Gasteiger partial charge in [-0.3, -0.25) is 14.6 Å². The Balaban J connectivity index is 1.83. The number of amides is 1. The van der Waals surface area contributed by atoms with Crippen molar-refractivity contribution in [3.8, 4) is 6.07 Å². The number of halogens is 2. The lowest BCUT2D eigenvalue weighted by atomic mass is 9.67. The van der Waals surface area contributed by atoms with E-state index in [-0.39, 0.29) is 40.2 Å². The van der Waals surface area contributed by atoms with Gasteiger partial charge in [0.1, 0.15) is 11.9 Å². The molecule has 8 heteroatoms. The fourth-order valence-electron chi connectivity index (χ4n) is 5.43. The summed E-state index contributed by atoms with van der Waals surface area (Å²) in [6.07, 6.45) is 0.630. The van der Waals surface area contributed by atoms with Gasteiger partial charge >= 0.3 is 5.97 Å². The second-order valence-corrected chi connectivity index (χ2v) is 10.9. The lowest BCUT2D eigenvalue weighted by Crippen LogP contribution is -2.43. The Morgan fingerprint density at radius 1 is 1.26 bits per heavy atom. The predicted molar refractivity (Wildman–Crippen MR) is 127 cm³/mol. The number of carbonyl (C=O) groups excluding carboxylic acids is 1. The topological polar surface area (TPSA) is 84.6 Å². The first-order valence-electron chi connectivity index (χ1n) is 11.1. The van der Waals surface area contributed by atoms with Crippen LogP contribution in [0.2, 0.25) is 5.02 Å². The van der Waals surface area contributed by atoms with E-state index in [2.05, 4.69) is 26.8 Å². The minimum absolute atomic E-state index is 0.0461. The van der Waals surface area contributed by atoms with Crippen LogP contribution < -0.4 is 4.90 Å². The maximum absolute atomic E-state index is 15.3. The third kappa shape index (κ3) is 3.85. The van der Waals surface area contributed by atoms with Gasteiger partial charge in [0.15, 0.2) is 0 Å². The van der Waals surface area contributed by atoms with Gasteiger partial charge in [0.05, 0.1) is 28.7 Å². The molecule has 2 aromatic rings. The maximum Gasteiger partial charge on any atom is 0.335 e. The highest BCUT2D eigenvalue weighted by molar-refractivity contribution is 6.30. The number of aromatic carboxylic acids is 1. The number of benzene rings is 2. The van der Waals surface area contributed by atoms with Crippen molar-refractivity contribution in [1.29, 1.82) is 5.26 Å². The molecular weight excluding hydrogens is 457 g/mol. The number of carboxylic acid groups (broad SMARTS) is 1. The Labute approximate surface area is 203 Å². The molecule has 178 valence electrons. The molecule has 0 bridgehead atoms. The van der Waals surface area contributed by atoms with Crippen LogP contribution >= 0.6 is 11.6 Å². The largest absolute Gasteiger partial charge is 0.478 e. The number of hydrogen-bond donors (Lipinski definition) is 1. The van der Waals surface area contributed by atoms with Crippen molar-refractivity contribution in [2.45, 2.75) is 52.1 Å². The van der Waals surface area contributed by atoms with Gasteiger partial charge in [0.2, 0.25) is 5.91 Å². The van der Waals surface area contributed by atoms with Gasteiger partial charge < -0.3 is 5.11 Å². The molecule has 0 unspecified atom stereocenters. The number of rotatable bonds is 4. The van der Waals surface area contributed by atoms with Gasteiger partial charge in [-0.25, -0.2) is 9.18 Å². The highest BCUT2D eigenvalue weighted by Crippen LogP contribution is 2.56. The average Bonchev–Trinajstić information content (AvgIpc) is 3.22. The number of hydrogen-bond acceptors (Lipinski definition) is 4. The third-order valence-electron chi connectivity index (χ3n) is 7.02. The molecule has 2 aliphatic heterocycles. The second kappa shape index (κ2) is 8.37. The number of nitrogens with zero attached hydrogens (tertiary/aromatic N) is 3. The van der Waals surface area contributed by atoms with E-state index in [0.29, 0.717) is 12.1 Å². The number of carboxylic acids is 1. The Hall–Kier alpha value is -2.95. The number of nitriles is 1. The van der Waals surface area contributed by atoms with Crippen LogP contribution in [-0.2, 0) is 4.79 Å². The molecule has 1 amide bonds. The standard InChI is InChI=1S/C26H27ClFN3O3/c1-25(2,3)12-19-26(4,13-29)20(17-6-5-7-18(27)21(17)28)22-23(32)30(14-31(19)22)16-10-8-15(9-11-16)24(33)34/h5-11,19-20,22H,12,14H2,1-4H3,(H,33,34)/t19-,20-,22+,26+/m0/s1. The van der Waals surface area contributed by atoms with Crippen molar-refractivity contribution in [3.05, 3.63) is 64.4 Å². The summed E-state index contributed by atoms with van der Waals surface area (Å²) in [5.41, 5.74) is -0.229. The van der Waals surface area contributed by atoms with Crippen LogP contribution in [-0.4, -0.2) is 40.6 Å². The monoisotopic (exact) mass is 483 g/mol. The van der Waals surface area contributed by atoms with E-state index in [4.69, 9.17) is 11.6 Å². The lowest BCUT2D eigenvalue weighted by molar-refractivity contribution is -0.119. The van der Waals surface area contributed by atoms with E-state index in [1.165, 1.54) is 18.2 Å². The van der Waals surface area contributed by atoms with Crippen LogP contribution in [0.1, 0.15) is 56.0 Å². The summed E-state index contributed by atoms with van der Waals surface area (Å²) in [7, 11) is 0. The molecule has 2 aliphatic rings. The van der Waals surface area contributed by atoms with E-state index in [1.807, 2.05) is 11.8 Å². The van der Waals surface area contributed by atoms with E-state index in [9.17, 15) is 20.0 Å². The number of carbonyl (C=O) groups is 2. The van der Waals surface area contributed by atoms with Crippen LogP contribution in [0, 0.1) is 28.0 Å². The van der Waals surface area contributed by atoms with Crippen molar-refractivity contribution in [2.75, 3.05) is 11.6 Å². The third-order valence-corrected chi connectivity index (χ3v) is 7.32. The van der Waals surface area contributed by atoms with Gasteiger partial charge in [-0.05, 0) is 54.7 Å². The molecule has 2 aromatic carbocycles. The van der Waals surface area contributed by atoms with Gasteiger partial charge in [-0.2, -0.15) is 5.26 Å². The van der Waals surface area contributed by atoms with Crippen LogP contribution in [0.5, 0.6) is 0 Å². The molecule has 2 fully saturated rings. The fourth-order valence-corrected chi connectivity index (χ4v) is 5.61. The van der Waals surface area contributed by atoms with Crippen LogP contribution in [0.25, 0.3) is 0 Å². The molecule has 6 nitrogen and oxygen atoms in total. The number of fused-ring (bicyclic) bond motifs is 1. The molecule has 2 saturated heterocycles. The Morgan fingerprint density at radius 2 is 1.91 bits per heavy atom. The molecule has 0 radical (unpaired) electrons. The molecule has 0 saturated carbocycles. The summed E-state index contributed by atoms with van der Waals surface area (Å²) in [5, 5.41) is 19.5. The van der Waals surface area contributed by atoms with E-state index >= 15 is 4.39 Å². The second-order valence-electron chi connectivity index (χ2n) is 10.5. The van der Waals surface area contributed by atoms with Gasteiger partial charge in [-0.1, -0.05) is 44.5 Å². The highest BCUT2D eigenvalue weighted by Gasteiger charge is 2.64. The van der Waals surface area contributed by atoms with Gasteiger partial charge in [0, 0.05) is 17.6 Å². The molecule has 0 aliphatic carbocycles. The predicted octanol–water partition coefficient (Wildman–Crippen LogP) is 5.28. The van der Waals surface area contributed by atoms with Crippen LogP contribution in [0.4, 0.5) is 10.1 Å². The van der Waals surface area contributed by atoms with Crippen LogP contribution in [0.3, 0.4) is 0 Å². The maximum atomic E-state index is 15.3. The van der Waals surface area contributed by atoms with Crippen molar-refractivity contribution < 1.29 is 19.1 Å². The molecular formula is C26H27ClFN3O3. The zero-order valence-electron chi connectivity index (χ0n) is 19.5. The fraction of sp³-hybridized carbons (Fsp3) is 0.423. The molecule has 2 heterocycles. The molecule has 4 atom stereocenters. The first-order valence-corrected chi connectivity index (χ1v) is 11.5. The Morgan fingerprint density at radius 3 is 2.47 bits per heavy atom. The highest BCUT2D eigenvalue weighted by atomic mass is 35.5. The smallest absolute Gasteiger partial charge is 0.335 e. The number of anilines is 1. The zero-order chi connectivity index (χ0) is 25.0. The molecule has 0 spiro atoms. The normalized spacial score (nSPS) is 27.0. The summed E-state index contributed by atoms with van der Waals surface area (Å²) >= 11 is 6.10. The van der Waals surface area contributed by atoms with Crippen molar-refractivity contribution in [2.24, 2.45) is 10.8 Å². The van der Waals surface area contributed by atoms with Gasteiger partial charge in [0.25, 0.3) is 0 Å². The van der Waals surface area contributed by atoms with Crippen molar-refractivity contribution in [3.63, 3.8) is 0 Å². The lowest BCUT2D eigenvalue weighted by Gasteiger charge is -2.37. The average molecular weight is 484 g/mol. The van der Waals surface area contributed by atoms with Crippen LogP contribution in [0.15, 0.2) is 42.5 Å². The van der Waals surface area contributed by atoms with E-state index in [0.717, 1.165) is 0 Å². The SMILES string of the molecule is CC(C)(C)C[C@@H]1N2CN(c3ccc(C(=O)O)cc3)C(=O)[C@H]2[C@H](c2cccc(Cl)c2F)[C@]1(C)C#N. The summed E-state index contributed by atoms with van der Waals surface area (Å²) in [6.45, 7) is 8.27.